The van der Waals surface area contributed by atoms with E-state index in [0.717, 1.165) is 36.3 Å². The molecular formula is C18H21N7O. The van der Waals surface area contributed by atoms with Crippen molar-refractivity contribution >= 4 is 11.7 Å². The topological polar surface area (TPSA) is 103 Å². The number of carbonyl (C=O) groups is 1. The van der Waals surface area contributed by atoms with E-state index in [4.69, 9.17) is 0 Å². The van der Waals surface area contributed by atoms with Gasteiger partial charge in [-0.2, -0.15) is 10.2 Å². The monoisotopic (exact) mass is 351 g/mol. The number of aromatic amines is 2. The molecule has 1 aliphatic carbocycles. The first-order valence-electron chi connectivity index (χ1n) is 8.66. The zero-order valence-corrected chi connectivity index (χ0v) is 14.8. The van der Waals surface area contributed by atoms with Crippen LogP contribution in [0.25, 0.3) is 11.4 Å². The molecule has 0 saturated heterocycles. The lowest BCUT2D eigenvalue weighted by molar-refractivity contribution is 0.220. The van der Waals surface area contributed by atoms with Gasteiger partial charge in [0.25, 0.3) is 0 Å². The number of fused-ring (bicyclic) bond motifs is 1. The third kappa shape index (κ3) is 3.17. The van der Waals surface area contributed by atoms with Crippen LogP contribution in [0, 0.1) is 6.92 Å². The maximum absolute atomic E-state index is 12.5. The predicted molar refractivity (Wildman–Crippen MR) is 97.7 cm³/mol. The minimum atomic E-state index is -0.178. The lowest BCUT2D eigenvalue weighted by Gasteiger charge is -2.17. The third-order valence-corrected chi connectivity index (χ3v) is 4.59. The summed E-state index contributed by atoms with van der Waals surface area (Å²) < 4.78 is 0. The van der Waals surface area contributed by atoms with Gasteiger partial charge in [0.15, 0.2) is 5.82 Å². The number of hydrogen-bond donors (Lipinski definition) is 3. The Hall–Kier alpha value is -3.16. The Morgan fingerprint density at radius 1 is 1.27 bits per heavy atom. The number of rotatable bonds is 4. The highest BCUT2D eigenvalue weighted by molar-refractivity contribution is 5.89. The fourth-order valence-electron chi connectivity index (χ4n) is 3.24. The fraction of sp³-hybridized carbons (Fsp3) is 0.333. The highest BCUT2D eigenvalue weighted by atomic mass is 16.2. The number of carbonyl (C=O) groups excluding carboxylic acids is 1. The molecular weight excluding hydrogens is 330 g/mol. The molecule has 2 heterocycles. The Balaban J connectivity index is 1.44. The maximum Gasteiger partial charge on any atom is 0.321 e. The van der Waals surface area contributed by atoms with Gasteiger partial charge >= 0.3 is 6.03 Å². The second-order valence-corrected chi connectivity index (χ2v) is 6.59. The van der Waals surface area contributed by atoms with Crippen molar-refractivity contribution in [3.05, 3.63) is 47.0 Å². The van der Waals surface area contributed by atoms with E-state index in [2.05, 4.69) is 30.7 Å². The first-order valence-corrected chi connectivity index (χ1v) is 8.66. The summed E-state index contributed by atoms with van der Waals surface area (Å²) in [7, 11) is 1.77. The average Bonchev–Trinajstić information content (AvgIpc) is 3.34. The quantitative estimate of drug-likeness (QED) is 0.672. The first-order chi connectivity index (χ1) is 12.6. The minimum absolute atomic E-state index is 0.178. The molecule has 1 aromatic carbocycles. The van der Waals surface area contributed by atoms with Crippen molar-refractivity contribution in [1.29, 1.82) is 0 Å². The molecule has 2 aromatic heterocycles. The van der Waals surface area contributed by atoms with E-state index >= 15 is 0 Å². The lowest BCUT2D eigenvalue weighted by Crippen LogP contribution is -2.31. The number of benzene rings is 1. The van der Waals surface area contributed by atoms with Gasteiger partial charge in [0.1, 0.15) is 5.82 Å². The van der Waals surface area contributed by atoms with Crippen LogP contribution in [-0.4, -0.2) is 43.4 Å². The minimum Gasteiger partial charge on any atom is -0.322 e. The van der Waals surface area contributed by atoms with Gasteiger partial charge in [-0.3, -0.25) is 10.2 Å². The average molecular weight is 351 g/mol. The highest BCUT2D eigenvalue weighted by Gasteiger charge is 2.20. The van der Waals surface area contributed by atoms with Gasteiger partial charge in [-0.25, -0.2) is 9.78 Å². The number of aryl methyl sites for hydroxylation is 2. The molecule has 8 heteroatoms. The number of urea groups is 1. The van der Waals surface area contributed by atoms with Crippen molar-refractivity contribution in [3.8, 4) is 11.4 Å². The van der Waals surface area contributed by atoms with E-state index < -0.39 is 0 Å². The summed E-state index contributed by atoms with van der Waals surface area (Å²) in [4.78, 5) is 18.5. The van der Waals surface area contributed by atoms with Crippen LogP contribution < -0.4 is 5.32 Å². The molecule has 134 valence electrons. The highest BCUT2D eigenvalue weighted by Crippen LogP contribution is 2.24. The Morgan fingerprint density at radius 3 is 2.96 bits per heavy atom. The van der Waals surface area contributed by atoms with E-state index in [1.165, 1.54) is 11.3 Å². The van der Waals surface area contributed by atoms with Crippen LogP contribution >= 0.6 is 0 Å². The van der Waals surface area contributed by atoms with Gasteiger partial charge in [0.05, 0.1) is 12.2 Å². The van der Waals surface area contributed by atoms with Crippen LogP contribution in [-0.2, 0) is 19.4 Å². The van der Waals surface area contributed by atoms with Crippen LogP contribution in [0.15, 0.2) is 24.3 Å². The van der Waals surface area contributed by atoms with Gasteiger partial charge in [-0.1, -0.05) is 12.1 Å². The van der Waals surface area contributed by atoms with E-state index in [9.17, 15) is 4.79 Å². The number of anilines is 1. The number of nitrogens with zero attached hydrogens (tertiary/aromatic N) is 4. The molecule has 0 spiro atoms. The molecule has 4 rings (SSSR count). The van der Waals surface area contributed by atoms with Crippen LogP contribution in [0.5, 0.6) is 0 Å². The number of nitrogens with one attached hydrogen (secondary N) is 3. The molecule has 1 aliphatic rings. The zero-order chi connectivity index (χ0) is 18.1. The Morgan fingerprint density at radius 2 is 2.15 bits per heavy atom. The second-order valence-electron chi connectivity index (χ2n) is 6.59. The number of H-pyrrole nitrogens is 2. The van der Waals surface area contributed by atoms with Gasteiger partial charge in [-0.15, -0.1) is 0 Å². The number of hydrogen-bond acceptors (Lipinski definition) is 4. The van der Waals surface area contributed by atoms with Gasteiger partial charge in [0.2, 0.25) is 0 Å². The summed E-state index contributed by atoms with van der Waals surface area (Å²) in [6.45, 7) is 2.33. The smallest absolute Gasteiger partial charge is 0.321 e. The van der Waals surface area contributed by atoms with E-state index in [0.29, 0.717) is 18.1 Å². The summed E-state index contributed by atoms with van der Waals surface area (Å²) in [6, 6.07) is 7.32. The summed E-state index contributed by atoms with van der Waals surface area (Å²) >= 11 is 0. The van der Waals surface area contributed by atoms with Crippen molar-refractivity contribution in [3.63, 3.8) is 0 Å². The molecule has 2 amide bonds. The lowest BCUT2D eigenvalue weighted by atomic mass is 10.2. The predicted octanol–water partition coefficient (Wildman–Crippen LogP) is 2.66. The largest absolute Gasteiger partial charge is 0.322 e. The number of aromatic nitrogens is 5. The van der Waals surface area contributed by atoms with Crippen molar-refractivity contribution < 1.29 is 4.79 Å². The molecule has 0 aliphatic heterocycles. The van der Waals surface area contributed by atoms with Gasteiger partial charge in [-0.05, 0) is 43.9 Å². The maximum atomic E-state index is 12.5. The van der Waals surface area contributed by atoms with Gasteiger partial charge in [0, 0.05) is 24.0 Å². The SMILES string of the molecule is Cc1nc(-c2cccc(NC(=O)N(C)Cc3n[nH]c4c3CCC4)c2)n[nH]1. The van der Waals surface area contributed by atoms with Crippen LogP contribution in [0.4, 0.5) is 10.5 Å². The fourth-order valence-corrected chi connectivity index (χ4v) is 3.24. The first kappa shape index (κ1) is 16.3. The molecule has 3 aromatic rings. The molecule has 0 unspecified atom stereocenters. The zero-order valence-electron chi connectivity index (χ0n) is 14.8. The standard InChI is InChI=1S/C18H21N7O/c1-11-19-17(24-21-11)12-5-3-6-13(9-12)20-18(26)25(2)10-16-14-7-4-8-15(14)22-23-16/h3,5-6,9H,4,7-8,10H2,1-2H3,(H,20,26)(H,22,23)(H,19,21,24). The van der Waals surface area contributed by atoms with Crippen molar-refractivity contribution in [2.75, 3.05) is 12.4 Å². The normalized spacial score (nSPS) is 12.8. The molecule has 0 fully saturated rings. The second kappa shape index (κ2) is 6.62. The third-order valence-electron chi connectivity index (χ3n) is 4.59. The Kier molecular flexibility index (Phi) is 4.16. The summed E-state index contributed by atoms with van der Waals surface area (Å²) in [5.41, 5.74) is 4.99. The van der Waals surface area contributed by atoms with Crippen molar-refractivity contribution in [2.45, 2.75) is 32.7 Å². The summed E-state index contributed by atoms with van der Waals surface area (Å²) in [5.74, 6) is 1.36. The molecule has 0 atom stereocenters. The van der Waals surface area contributed by atoms with Crippen molar-refractivity contribution in [2.24, 2.45) is 0 Å². The molecule has 26 heavy (non-hydrogen) atoms. The molecule has 8 nitrogen and oxygen atoms in total. The van der Waals surface area contributed by atoms with Crippen LogP contribution in [0.1, 0.15) is 29.2 Å². The van der Waals surface area contributed by atoms with Gasteiger partial charge < -0.3 is 10.2 Å². The van der Waals surface area contributed by atoms with E-state index in [1.54, 1.807) is 11.9 Å². The molecule has 0 saturated carbocycles. The van der Waals surface area contributed by atoms with E-state index in [1.807, 2.05) is 31.2 Å². The molecule has 0 bridgehead atoms. The molecule has 0 radical (unpaired) electrons. The van der Waals surface area contributed by atoms with Crippen molar-refractivity contribution in [1.82, 2.24) is 30.3 Å². The Labute approximate surface area is 151 Å². The summed E-state index contributed by atoms with van der Waals surface area (Å²) in [6.07, 6.45) is 3.24. The van der Waals surface area contributed by atoms with E-state index in [-0.39, 0.29) is 6.03 Å². The number of amides is 2. The summed E-state index contributed by atoms with van der Waals surface area (Å²) in [5, 5.41) is 17.3. The Bertz CT molecular complexity index is 943. The van der Waals surface area contributed by atoms with Crippen LogP contribution in [0.3, 0.4) is 0 Å². The molecule has 3 N–H and O–H groups in total. The van der Waals surface area contributed by atoms with Crippen LogP contribution in [0.2, 0.25) is 0 Å².